The average Bonchev–Trinajstić information content (AvgIpc) is 3.48. The van der Waals surface area contributed by atoms with Gasteiger partial charge in [-0.1, -0.05) is 54.6 Å². The lowest BCUT2D eigenvalue weighted by molar-refractivity contribution is -0.127. The summed E-state index contributed by atoms with van der Waals surface area (Å²) in [5.41, 5.74) is 1.74. The third kappa shape index (κ3) is 9.71. The van der Waals surface area contributed by atoms with Crippen molar-refractivity contribution in [3.05, 3.63) is 101 Å². The van der Waals surface area contributed by atoms with Gasteiger partial charge in [0.25, 0.3) is 0 Å². The normalized spacial score (nSPS) is 17.5. The molecule has 11 nitrogen and oxygen atoms in total. The molecular formula is C39H47FN4O7. The number of halogens is 1. The Labute approximate surface area is 298 Å². The van der Waals surface area contributed by atoms with Gasteiger partial charge in [-0.15, -0.1) is 0 Å². The molecule has 0 spiro atoms. The van der Waals surface area contributed by atoms with Crippen molar-refractivity contribution in [2.24, 2.45) is 5.92 Å². The predicted octanol–water partition coefficient (Wildman–Crippen LogP) is 5.84. The van der Waals surface area contributed by atoms with E-state index in [9.17, 15) is 19.2 Å². The Kier molecular flexibility index (Phi) is 12.1. The van der Waals surface area contributed by atoms with Gasteiger partial charge in [0.2, 0.25) is 11.8 Å². The molecule has 12 heteroatoms. The van der Waals surface area contributed by atoms with Gasteiger partial charge in [-0.2, -0.15) is 0 Å². The summed E-state index contributed by atoms with van der Waals surface area (Å²) < 4.78 is 31.6. The first kappa shape index (κ1) is 37.4. The molecule has 2 aliphatic heterocycles. The van der Waals surface area contributed by atoms with E-state index < -0.39 is 41.5 Å². The van der Waals surface area contributed by atoms with Crippen LogP contribution in [0.2, 0.25) is 0 Å². The van der Waals surface area contributed by atoms with Crippen LogP contribution in [0.4, 0.5) is 14.9 Å². The Balaban J connectivity index is 1.34. The average molecular weight is 703 g/mol. The lowest BCUT2D eigenvalue weighted by Crippen LogP contribution is -2.55. The van der Waals surface area contributed by atoms with E-state index in [1.165, 1.54) is 24.1 Å². The standard InChI is InChI=1S/C39H47FN4O7/c1-25(43(5)38(48)51-39(2,3)4)35(45)42-33(27-17-19-49-20-18-27)23-44-22-29-13-9-10-14-30(29)34(44)36(46)41-32-21-28(15-16-31(32)40)37(47)50-24-26-11-7-6-8-12-26/h6-16,21,25,27,33-34H,17-20,22-24H2,1-5H3,(H,41,46)(H,42,45)/t25-,33+,34-/m0/s1. The van der Waals surface area contributed by atoms with Crippen LogP contribution in [0.25, 0.3) is 0 Å². The highest BCUT2D eigenvalue weighted by Crippen LogP contribution is 2.36. The zero-order valence-corrected chi connectivity index (χ0v) is 29.8. The monoisotopic (exact) mass is 702 g/mol. The van der Waals surface area contributed by atoms with Crippen LogP contribution < -0.4 is 10.6 Å². The molecule has 0 saturated carbocycles. The summed E-state index contributed by atoms with van der Waals surface area (Å²) in [5.74, 6) is -2.13. The molecule has 0 unspecified atom stereocenters. The van der Waals surface area contributed by atoms with Crippen LogP contribution in [0.15, 0.2) is 72.8 Å². The molecule has 1 fully saturated rings. The summed E-state index contributed by atoms with van der Waals surface area (Å²) in [5, 5.41) is 5.89. The Bertz CT molecular complexity index is 1710. The highest BCUT2D eigenvalue weighted by atomic mass is 19.1. The largest absolute Gasteiger partial charge is 0.457 e. The van der Waals surface area contributed by atoms with Crippen LogP contribution in [0.1, 0.15) is 73.6 Å². The maximum atomic E-state index is 15.1. The molecule has 3 aromatic carbocycles. The minimum absolute atomic E-state index is 0.0465. The number of benzene rings is 3. The lowest BCUT2D eigenvalue weighted by atomic mass is 9.90. The number of esters is 1. The Hall–Kier alpha value is -4.81. The van der Waals surface area contributed by atoms with E-state index >= 15 is 4.39 Å². The van der Waals surface area contributed by atoms with Crippen LogP contribution in [0, 0.1) is 11.7 Å². The van der Waals surface area contributed by atoms with Gasteiger partial charge in [-0.25, -0.2) is 14.0 Å². The van der Waals surface area contributed by atoms with E-state index in [0.29, 0.717) is 39.1 Å². The van der Waals surface area contributed by atoms with Crippen molar-refractivity contribution in [3.63, 3.8) is 0 Å². The number of anilines is 1. The second-order valence-corrected chi connectivity index (χ2v) is 14.1. The second-order valence-electron chi connectivity index (χ2n) is 14.1. The summed E-state index contributed by atoms with van der Waals surface area (Å²) in [7, 11) is 1.52. The number of ether oxygens (including phenoxy) is 3. The van der Waals surface area contributed by atoms with Crippen molar-refractivity contribution in [2.75, 3.05) is 32.1 Å². The molecule has 3 atom stereocenters. The highest BCUT2D eigenvalue weighted by Gasteiger charge is 2.39. The topological polar surface area (TPSA) is 127 Å². The number of carbonyl (C=O) groups is 4. The molecule has 0 radical (unpaired) electrons. The van der Waals surface area contributed by atoms with Crippen molar-refractivity contribution < 1.29 is 37.8 Å². The summed E-state index contributed by atoms with van der Waals surface area (Å²) >= 11 is 0. The van der Waals surface area contributed by atoms with Crippen molar-refractivity contribution in [1.82, 2.24) is 15.1 Å². The van der Waals surface area contributed by atoms with Crippen LogP contribution in [-0.2, 0) is 37.0 Å². The van der Waals surface area contributed by atoms with Crippen molar-refractivity contribution >= 4 is 29.6 Å². The molecule has 2 N–H and O–H groups in total. The molecule has 0 bridgehead atoms. The molecule has 1 saturated heterocycles. The van der Waals surface area contributed by atoms with Gasteiger partial charge in [-0.05, 0) is 81.3 Å². The van der Waals surface area contributed by atoms with Gasteiger partial charge >= 0.3 is 12.1 Å². The van der Waals surface area contributed by atoms with E-state index in [1.54, 1.807) is 27.7 Å². The Morgan fingerprint density at radius 1 is 1.00 bits per heavy atom. The van der Waals surface area contributed by atoms with Crippen LogP contribution in [0.5, 0.6) is 0 Å². The molecule has 2 heterocycles. The van der Waals surface area contributed by atoms with Crippen LogP contribution in [-0.4, -0.2) is 78.2 Å². The van der Waals surface area contributed by atoms with E-state index in [1.807, 2.05) is 59.5 Å². The van der Waals surface area contributed by atoms with E-state index in [-0.39, 0.29) is 35.7 Å². The molecule has 5 rings (SSSR count). The number of nitrogens with zero attached hydrogens (tertiary/aromatic N) is 2. The first-order chi connectivity index (χ1) is 24.3. The highest BCUT2D eigenvalue weighted by molar-refractivity contribution is 5.98. The van der Waals surface area contributed by atoms with Crippen molar-refractivity contribution in [2.45, 2.75) is 77.4 Å². The fourth-order valence-electron chi connectivity index (χ4n) is 6.34. The van der Waals surface area contributed by atoms with Crippen LogP contribution in [0.3, 0.4) is 0 Å². The van der Waals surface area contributed by atoms with E-state index in [0.717, 1.165) is 22.8 Å². The van der Waals surface area contributed by atoms with Gasteiger partial charge in [0.15, 0.2) is 0 Å². The van der Waals surface area contributed by atoms with E-state index in [4.69, 9.17) is 14.2 Å². The van der Waals surface area contributed by atoms with Gasteiger partial charge in [0.1, 0.15) is 30.1 Å². The van der Waals surface area contributed by atoms with Crippen molar-refractivity contribution in [1.29, 1.82) is 0 Å². The third-order valence-corrected chi connectivity index (χ3v) is 9.25. The Morgan fingerprint density at radius 3 is 2.39 bits per heavy atom. The minimum atomic E-state index is -0.827. The molecule has 3 aromatic rings. The number of fused-ring (bicyclic) bond motifs is 1. The van der Waals surface area contributed by atoms with Gasteiger partial charge in [-0.3, -0.25) is 19.4 Å². The van der Waals surface area contributed by atoms with Crippen LogP contribution >= 0.6 is 0 Å². The molecule has 0 aliphatic carbocycles. The maximum absolute atomic E-state index is 15.1. The first-order valence-electron chi connectivity index (χ1n) is 17.3. The van der Waals surface area contributed by atoms with Crippen molar-refractivity contribution in [3.8, 4) is 0 Å². The number of hydrogen-bond donors (Lipinski definition) is 2. The summed E-state index contributed by atoms with van der Waals surface area (Å²) in [6.45, 7) is 8.78. The van der Waals surface area contributed by atoms with E-state index in [2.05, 4.69) is 10.6 Å². The van der Waals surface area contributed by atoms with Gasteiger partial charge < -0.3 is 24.8 Å². The number of rotatable bonds is 11. The first-order valence-corrected chi connectivity index (χ1v) is 17.3. The second kappa shape index (κ2) is 16.5. The Morgan fingerprint density at radius 2 is 1.69 bits per heavy atom. The zero-order valence-electron chi connectivity index (χ0n) is 29.8. The molecule has 3 amide bonds. The number of likely N-dealkylation sites (N-methyl/N-ethyl adjacent to an activating group) is 1. The summed E-state index contributed by atoms with van der Waals surface area (Å²) in [6.07, 6.45) is 0.800. The number of hydrogen-bond acceptors (Lipinski definition) is 8. The molecule has 0 aromatic heterocycles. The third-order valence-electron chi connectivity index (χ3n) is 9.25. The summed E-state index contributed by atoms with van der Waals surface area (Å²) in [4.78, 5) is 56.6. The zero-order chi connectivity index (χ0) is 36.7. The fourth-order valence-corrected chi connectivity index (χ4v) is 6.34. The SMILES string of the molecule is C[C@@H](C(=O)N[C@H](CN1Cc2ccccc2[C@H]1C(=O)Nc1cc(C(=O)OCc2ccccc2)ccc1F)C1CCOCC1)N(C)C(=O)OC(C)(C)C. The lowest BCUT2D eigenvalue weighted by Gasteiger charge is -2.36. The quantitative estimate of drug-likeness (QED) is 0.239. The smallest absolute Gasteiger partial charge is 0.410 e. The number of amides is 3. The molecule has 272 valence electrons. The minimum Gasteiger partial charge on any atom is -0.457 e. The number of nitrogens with one attached hydrogen (secondary N) is 2. The molecular weight excluding hydrogens is 655 g/mol. The molecule has 2 aliphatic rings. The van der Waals surface area contributed by atoms with Gasteiger partial charge in [0.05, 0.1) is 11.3 Å². The summed E-state index contributed by atoms with van der Waals surface area (Å²) in [6, 6.07) is 18.4. The predicted molar refractivity (Wildman–Crippen MR) is 189 cm³/mol. The molecule has 51 heavy (non-hydrogen) atoms. The number of carbonyl (C=O) groups excluding carboxylic acids is 4. The maximum Gasteiger partial charge on any atom is 0.410 e. The van der Waals surface area contributed by atoms with Gasteiger partial charge in [0, 0.05) is 39.4 Å². The fraction of sp³-hybridized carbons (Fsp3) is 0.436.